The van der Waals surface area contributed by atoms with Gasteiger partial charge in [0.2, 0.25) is 10.0 Å². The number of hydrogen-bond acceptors (Lipinski definition) is 5. The second-order valence-electron chi connectivity index (χ2n) is 5.34. The third-order valence-electron chi connectivity index (χ3n) is 3.59. The number of rotatable bonds is 8. The van der Waals surface area contributed by atoms with Crippen LogP contribution in [0.15, 0.2) is 47.4 Å². The quantitative estimate of drug-likeness (QED) is 0.725. The van der Waals surface area contributed by atoms with E-state index in [-0.39, 0.29) is 4.90 Å². The van der Waals surface area contributed by atoms with Crippen LogP contribution < -0.4 is 14.2 Å². The third-order valence-corrected chi connectivity index (χ3v) is 5.06. The average molecular weight is 383 g/mol. The van der Waals surface area contributed by atoms with Gasteiger partial charge in [0, 0.05) is 0 Å². The maximum atomic E-state index is 13.3. The predicted octanol–water partition coefficient (Wildman–Crippen LogP) is 2.34. The molecule has 0 aromatic heterocycles. The molecule has 0 saturated heterocycles. The third kappa shape index (κ3) is 4.70. The van der Waals surface area contributed by atoms with Crippen molar-refractivity contribution < 1.29 is 32.2 Å². The Morgan fingerprint density at radius 3 is 2.42 bits per heavy atom. The highest BCUT2D eigenvalue weighted by molar-refractivity contribution is 7.89. The van der Waals surface area contributed by atoms with Gasteiger partial charge in [-0.1, -0.05) is 12.1 Å². The SMILES string of the molecule is COc1ccc([C@@H](CC(=O)O)NS(=O)(=O)c2cccc(F)c2)cc1OC. The molecule has 2 rings (SSSR count). The second kappa shape index (κ2) is 8.15. The average Bonchev–Trinajstić information content (AvgIpc) is 2.60. The second-order valence-corrected chi connectivity index (χ2v) is 7.06. The number of aliphatic carboxylic acids is 1. The highest BCUT2D eigenvalue weighted by Crippen LogP contribution is 2.31. The minimum absolute atomic E-state index is 0.298. The van der Waals surface area contributed by atoms with E-state index < -0.39 is 34.3 Å². The number of carboxylic acids is 1. The number of carboxylic acid groups (broad SMARTS) is 1. The van der Waals surface area contributed by atoms with Gasteiger partial charge < -0.3 is 14.6 Å². The van der Waals surface area contributed by atoms with Crippen LogP contribution in [0.1, 0.15) is 18.0 Å². The molecule has 0 amide bonds. The van der Waals surface area contributed by atoms with E-state index >= 15 is 0 Å². The van der Waals surface area contributed by atoms with E-state index in [0.29, 0.717) is 17.1 Å². The lowest BCUT2D eigenvalue weighted by Crippen LogP contribution is -2.30. The van der Waals surface area contributed by atoms with Crippen molar-refractivity contribution in [2.75, 3.05) is 14.2 Å². The Balaban J connectivity index is 2.40. The van der Waals surface area contributed by atoms with Crippen molar-refractivity contribution >= 4 is 16.0 Å². The van der Waals surface area contributed by atoms with Gasteiger partial charge in [0.25, 0.3) is 0 Å². The molecule has 0 aliphatic carbocycles. The maximum absolute atomic E-state index is 13.3. The molecule has 0 bridgehead atoms. The predicted molar refractivity (Wildman–Crippen MR) is 91.3 cm³/mol. The van der Waals surface area contributed by atoms with Crippen LogP contribution in [0.25, 0.3) is 0 Å². The summed E-state index contributed by atoms with van der Waals surface area (Å²) in [6.07, 6.45) is -0.510. The van der Waals surface area contributed by atoms with E-state index in [4.69, 9.17) is 14.6 Å². The number of ether oxygens (including phenoxy) is 2. The van der Waals surface area contributed by atoms with Crippen LogP contribution in [0.4, 0.5) is 4.39 Å². The molecule has 0 unspecified atom stereocenters. The zero-order valence-electron chi connectivity index (χ0n) is 14.1. The van der Waals surface area contributed by atoms with Crippen LogP contribution in [0.5, 0.6) is 11.5 Å². The van der Waals surface area contributed by atoms with Crippen molar-refractivity contribution in [2.45, 2.75) is 17.4 Å². The summed E-state index contributed by atoms with van der Waals surface area (Å²) in [4.78, 5) is 10.9. The Bertz CT molecular complexity index is 900. The summed E-state index contributed by atoms with van der Waals surface area (Å²) in [5, 5.41) is 9.13. The zero-order valence-corrected chi connectivity index (χ0v) is 14.9. The molecular formula is C17H18FNO6S. The van der Waals surface area contributed by atoms with Gasteiger partial charge in [0.15, 0.2) is 11.5 Å². The molecule has 9 heteroatoms. The van der Waals surface area contributed by atoms with E-state index in [1.807, 2.05) is 0 Å². The fourth-order valence-corrected chi connectivity index (χ4v) is 3.62. The maximum Gasteiger partial charge on any atom is 0.305 e. The molecule has 0 heterocycles. The molecule has 2 aromatic carbocycles. The zero-order chi connectivity index (χ0) is 19.3. The van der Waals surface area contributed by atoms with Gasteiger partial charge in [-0.3, -0.25) is 4.79 Å². The van der Waals surface area contributed by atoms with Crippen molar-refractivity contribution in [2.24, 2.45) is 0 Å². The summed E-state index contributed by atoms with van der Waals surface area (Å²) in [5.74, 6) is -1.18. The van der Waals surface area contributed by atoms with Crippen LogP contribution >= 0.6 is 0 Å². The van der Waals surface area contributed by atoms with E-state index in [0.717, 1.165) is 12.1 Å². The molecule has 0 fully saturated rings. The Morgan fingerprint density at radius 1 is 1.15 bits per heavy atom. The monoisotopic (exact) mass is 383 g/mol. The minimum atomic E-state index is -4.14. The van der Waals surface area contributed by atoms with Crippen molar-refractivity contribution in [1.82, 2.24) is 4.72 Å². The fraction of sp³-hybridized carbons (Fsp3) is 0.235. The van der Waals surface area contributed by atoms with Gasteiger partial charge in [-0.25, -0.2) is 17.5 Å². The van der Waals surface area contributed by atoms with Crippen LogP contribution in [0.3, 0.4) is 0 Å². The van der Waals surface area contributed by atoms with E-state index in [2.05, 4.69) is 4.72 Å². The molecule has 1 atom stereocenters. The Hall–Kier alpha value is -2.65. The lowest BCUT2D eigenvalue weighted by molar-refractivity contribution is -0.137. The number of carbonyl (C=O) groups is 1. The fourth-order valence-electron chi connectivity index (χ4n) is 2.36. The first-order valence-electron chi connectivity index (χ1n) is 7.48. The van der Waals surface area contributed by atoms with E-state index in [9.17, 15) is 17.6 Å². The topological polar surface area (TPSA) is 102 Å². The Kier molecular flexibility index (Phi) is 6.17. The van der Waals surface area contributed by atoms with Gasteiger partial charge in [0.1, 0.15) is 5.82 Å². The van der Waals surface area contributed by atoms with Gasteiger partial charge in [-0.2, -0.15) is 0 Å². The summed E-state index contributed by atoms with van der Waals surface area (Å²) in [7, 11) is -1.29. The van der Waals surface area contributed by atoms with Gasteiger partial charge in [-0.05, 0) is 35.9 Å². The number of benzene rings is 2. The molecule has 0 aliphatic heterocycles. The molecule has 0 radical (unpaired) electrons. The largest absolute Gasteiger partial charge is 0.493 e. The van der Waals surface area contributed by atoms with Crippen LogP contribution in [0.2, 0.25) is 0 Å². The molecular weight excluding hydrogens is 365 g/mol. The van der Waals surface area contributed by atoms with Crippen molar-refractivity contribution in [3.05, 3.63) is 53.8 Å². The first-order chi connectivity index (χ1) is 12.3. The van der Waals surface area contributed by atoms with Gasteiger partial charge >= 0.3 is 5.97 Å². The summed E-state index contributed by atoms with van der Waals surface area (Å²) < 4.78 is 50.9. The normalized spacial score (nSPS) is 12.4. The summed E-state index contributed by atoms with van der Waals surface area (Å²) in [5.41, 5.74) is 0.366. The lowest BCUT2D eigenvalue weighted by atomic mass is 10.0. The number of hydrogen-bond donors (Lipinski definition) is 2. The number of sulfonamides is 1. The highest BCUT2D eigenvalue weighted by Gasteiger charge is 2.25. The molecule has 2 aromatic rings. The first kappa shape index (κ1) is 19.7. The molecule has 26 heavy (non-hydrogen) atoms. The van der Waals surface area contributed by atoms with Crippen molar-refractivity contribution in [3.63, 3.8) is 0 Å². The number of nitrogens with one attached hydrogen (secondary N) is 1. The number of halogens is 1. The lowest BCUT2D eigenvalue weighted by Gasteiger charge is -2.19. The smallest absolute Gasteiger partial charge is 0.305 e. The molecule has 0 spiro atoms. The molecule has 7 nitrogen and oxygen atoms in total. The van der Waals surface area contributed by atoms with Crippen molar-refractivity contribution in [1.29, 1.82) is 0 Å². The Labute approximate surface area is 150 Å². The minimum Gasteiger partial charge on any atom is -0.493 e. The van der Waals surface area contributed by atoms with Crippen LogP contribution in [0, 0.1) is 5.82 Å². The van der Waals surface area contributed by atoms with Gasteiger partial charge in [0.05, 0.1) is 31.6 Å². The highest BCUT2D eigenvalue weighted by atomic mass is 32.2. The summed E-state index contributed by atoms with van der Waals surface area (Å²) in [6, 6.07) is 7.92. The van der Waals surface area contributed by atoms with Crippen molar-refractivity contribution in [3.8, 4) is 11.5 Å². The Morgan fingerprint density at radius 2 is 1.85 bits per heavy atom. The summed E-state index contributed by atoms with van der Waals surface area (Å²) in [6.45, 7) is 0. The van der Waals surface area contributed by atoms with E-state index in [1.165, 1.54) is 38.5 Å². The molecule has 140 valence electrons. The van der Waals surface area contributed by atoms with Crippen LogP contribution in [-0.4, -0.2) is 33.7 Å². The molecule has 0 saturated carbocycles. The first-order valence-corrected chi connectivity index (χ1v) is 8.96. The molecule has 2 N–H and O–H groups in total. The number of methoxy groups -OCH3 is 2. The summed E-state index contributed by atoms with van der Waals surface area (Å²) >= 11 is 0. The van der Waals surface area contributed by atoms with E-state index in [1.54, 1.807) is 6.07 Å². The van der Waals surface area contributed by atoms with Crippen LogP contribution in [-0.2, 0) is 14.8 Å². The standard InChI is InChI=1S/C17H18FNO6S/c1-24-15-7-6-11(8-16(15)25-2)14(10-17(20)21)19-26(22,23)13-5-3-4-12(18)9-13/h3-9,14,19H,10H2,1-2H3,(H,20,21)/t14-/m1/s1. The molecule has 0 aliphatic rings. The van der Waals surface area contributed by atoms with Gasteiger partial charge in [-0.15, -0.1) is 0 Å².